The van der Waals surface area contributed by atoms with E-state index in [1.165, 1.54) is 31.7 Å². The van der Waals surface area contributed by atoms with E-state index >= 15 is 0 Å². The first kappa shape index (κ1) is 13.3. The van der Waals surface area contributed by atoms with E-state index < -0.39 is 0 Å². The largest absolute Gasteiger partial charge is 0.308 e. The van der Waals surface area contributed by atoms with Crippen LogP contribution in [-0.2, 0) is 13.1 Å². The molecule has 0 atom stereocenters. The summed E-state index contributed by atoms with van der Waals surface area (Å²) in [5, 5.41) is 5.97. The second-order valence-corrected chi connectivity index (χ2v) is 6.45. The number of thiophene rings is 1. The Kier molecular flexibility index (Phi) is 3.81. The third-order valence-electron chi connectivity index (χ3n) is 3.55. The molecule has 3 rings (SSSR count). The van der Waals surface area contributed by atoms with Gasteiger partial charge in [0.2, 0.25) is 0 Å². The molecule has 0 saturated carbocycles. The molecule has 0 aliphatic carbocycles. The lowest BCUT2D eigenvalue weighted by Gasteiger charge is -2.05. The number of aromatic nitrogens is 1. The van der Waals surface area contributed by atoms with Crippen LogP contribution in [0.25, 0.3) is 10.8 Å². The van der Waals surface area contributed by atoms with Crippen LogP contribution in [0.4, 0.5) is 0 Å². The fourth-order valence-electron chi connectivity index (χ4n) is 2.31. The summed E-state index contributed by atoms with van der Waals surface area (Å²) in [7, 11) is 0. The maximum atomic E-state index is 4.14. The van der Waals surface area contributed by atoms with Crippen molar-refractivity contribution in [1.82, 2.24) is 10.3 Å². The maximum absolute atomic E-state index is 4.14. The predicted molar refractivity (Wildman–Crippen MR) is 86.1 cm³/mol. The van der Waals surface area contributed by atoms with Crippen molar-refractivity contribution in [3.63, 3.8) is 0 Å². The number of benzene rings is 1. The quantitative estimate of drug-likeness (QED) is 0.775. The monoisotopic (exact) mass is 282 g/mol. The van der Waals surface area contributed by atoms with Crippen LogP contribution in [0.3, 0.4) is 0 Å². The van der Waals surface area contributed by atoms with Crippen molar-refractivity contribution < 1.29 is 0 Å². The van der Waals surface area contributed by atoms with E-state index in [9.17, 15) is 0 Å². The van der Waals surface area contributed by atoms with Gasteiger partial charge in [-0.2, -0.15) is 0 Å². The van der Waals surface area contributed by atoms with Gasteiger partial charge in [-0.05, 0) is 48.6 Å². The minimum Gasteiger partial charge on any atom is -0.308 e. The molecule has 0 aliphatic heterocycles. The van der Waals surface area contributed by atoms with Gasteiger partial charge in [0, 0.05) is 40.6 Å². The summed E-state index contributed by atoms with van der Waals surface area (Å²) in [5.41, 5.74) is 2.71. The molecule has 0 fully saturated rings. The normalized spacial score (nSPS) is 11.1. The lowest BCUT2D eigenvalue weighted by atomic mass is 10.1. The summed E-state index contributed by atoms with van der Waals surface area (Å²) in [4.78, 5) is 6.96. The molecule has 102 valence electrons. The second-order valence-electron chi connectivity index (χ2n) is 5.11. The van der Waals surface area contributed by atoms with Crippen molar-refractivity contribution >= 4 is 22.1 Å². The third-order valence-corrected chi connectivity index (χ3v) is 4.70. The van der Waals surface area contributed by atoms with Crippen molar-refractivity contribution in [2.45, 2.75) is 26.9 Å². The van der Waals surface area contributed by atoms with E-state index in [0.717, 1.165) is 13.1 Å². The number of nitrogens with one attached hydrogen (secondary N) is 1. The highest BCUT2D eigenvalue weighted by Gasteiger charge is 2.01. The number of rotatable bonds is 4. The van der Waals surface area contributed by atoms with E-state index in [1.807, 2.05) is 23.7 Å². The number of nitrogens with zero attached hydrogens (tertiary/aromatic N) is 1. The first-order valence-electron chi connectivity index (χ1n) is 6.81. The highest BCUT2D eigenvalue weighted by molar-refractivity contribution is 7.12. The van der Waals surface area contributed by atoms with Crippen molar-refractivity contribution in [3.8, 4) is 0 Å². The summed E-state index contributed by atoms with van der Waals surface area (Å²) in [5.74, 6) is 0. The van der Waals surface area contributed by atoms with Gasteiger partial charge in [-0.15, -0.1) is 11.3 Å². The van der Waals surface area contributed by atoms with Gasteiger partial charge in [-0.25, -0.2) is 0 Å². The van der Waals surface area contributed by atoms with Crippen molar-refractivity contribution in [3.05, 3.63) is 63.6 Å². The highest BCUT2D eigenvalue weighted by Crippen LogP contribution is 2.20. The Morgan fingerprint density at radius 1 is 1.05 bits per heavy atom. The average Bonchev–Trinajstić information content (AvgIpc) is 2.77. The van der Waals surface area contributed by atoms with Gasteiger partial charge >= 0.3 is 0 Å². The van der Waals surface area contributed by atoms with E-state index in [4.69, 9.17) is 0 Å². The molecule has 0 spiro atoms. The smallest absolute Gasteiger partial charge is 0.0346 e. The van der Waals surface area contributed by atoms with Crippen LogP contribution in [-0.4, -0.2) is 4.98 Å². The van der Waals surface area contributed by atoms with Gasteiger partial charge in [0.15, 0.2) is 0 Å². The van der Waals surface area contributed by atoms with Gasteiger partial charge in [0.1, 0.15) is 0 Å². The zero-order valence-corrected chi connectivity index (χ0v) is 12.6. The van der Waals surface area contributed by atoms with Crippen molar-refractivity contribution in [1.29, 1.82) is 0 Å². The van der Waals surface area contributed by atoms with Gasteiger partial charge < -0.3 is 5.32 Å². The molecule has 3 aromatic rings. The van der Waals surface area contributed by atoms with Crippen LogP contribution in [0, 0.1) is 13.8 Å². The highest BCUT2D eigenvalue weighted by atomic mass is 32.1. The molecule has 0 radical (unpaired) electrons. The van der Waals surface area contributed by atoms with Crippen molar-refractivity contribution in [2.75, 3.05) is 0 Å². The second kappa shape index (κ2) is 5.73. The Hall–Kier alpha value is -1.71. The van der Waals surface area contributed by atoms with Crippen LogP contribution in [0.1, 0.15) is 20.9 Å². The molecular weight excluding hydrogens is 264 g/mol. The summed E-state index contributed by atoms with van der Waals surface area (Å²) in [6.07, 6.45) is 3.75. The number of hydrogen-bond donors (Lipinski definition) is 1. The molecule has 0 saturated heterocycles. The zero-order chi connectivity index (χ0) is 13.9. The number of aryl methyl sites for hydroxylation is 2. The van der Waals surface area contributed by atoms with Crippen LogP contribution in [0.15, 0.2) is 42.7 Å². The van der Waals surface area contributed by atoms with E-state index in [-0.39, 0.29) is 0 Å². The molecule has 20 heavy (non-hydrogen) atoms. The summed E-state index contributed by atoms with van der Waals surface area (Å²) in [6, 6.07) is 10.9. The van der Waals surface area contributed by atoms with Crippen LogP contribution in [0.5, 0.6) is 0 Å². The Labute approximate surface area is 123 Å². The van der Waals surface area contributed by atoms with Crippen LogP contribution >= 0.6 is 11.3 Å². The van der Waals surface area contributed by atoms with Gasteiger partial charge in [-0.1, -0.05) is 12.1 Å². The van der Waals surface area contributed by atoms with Crippen molar-refractivity contribution in [2.24, 2.45) is 0 Å². The standard InChI is InChI=1S/C17H18N2S/c1-12-7-17(20-13(12)2)11-19-9-14-3-4-16-10-18-6-5-15(16)8-14/h3-8,10,19H,9,11H2,1-2H3. The molecule has 2 aromatic heterocycles. The Bertz CT molecular complexity index is 711. The fourth-order valence-corrected chi connectivity index (χ4v) is 3.33. The zero-order valence-electron chi connectivity index (χ0n) is 11.8. The van der Waals surface area contributed by atoms with Gasteiger partial charge in [-0.3, -0.25) is 4.98 Å². The third kappa shape index (κ3) is 2.89. The molecule has 1 N–H and O–H groups in total. The van der Waals surface area contributed by atoms with Crippen LogP contribution in [0.2, 0.25) is 0 Å². The number of fused-ring (bicyclic) bond motifs is 1. The topological polar surface area (TPSA) is 24.9 Å². The minimum atomic E-state index is 0.897. The molecule has 0 unspecified atom stereocenters. The molecule has 3 heteroatoms. The van der Waals surface area contributed by atoms with E-state index in [0.29, 0.717) is 0 Å². The number of hydrogen-bond acceptors (Lipinski definition) is 3. The van der Waals surface area contributed by atoms with E-state index in [1.54, 1.807) is 0 Å². The first-order chi connectivity index (χ1) is 9.72. The lowest BCUT2D eigenvalue weighted by molar-refractivity contribution is 0.701. The summed E-state index contributed by atoms with van der Waals surface area (Å²) < 4.78 is 0. The van der Waals surface area contributed by atoms with Gasteiger partial charge in [0.05, 0.1) is 0 Å². The number of pyridine rings is 1. The average molecular weight is 282 g/mol. The summed E-state index contributed by atoms with van der Waals surface area (Å²) in [6.45, 7) is 6.19. The molecular formula is C17H18N2S. The molecule has 0 aliphatic rings. The Morgan fingerprint density at radius 2 is 1.95 bits per heavy atom. The predicted octanol–water partition coefficient (Wildman–Crippen LogP) is 4.20. The molecule has 2 heterocycles. The molecule has 2 nitrogen and oxygen atoms in total. The summed E-state index contributed by atoms with van der Waals surface area (Å²) >= 11 is 1.88. The lowest BCUT2D eigenvalue weighted by Crippen LogP contribution is -2.11. The SMILES string of the molecule is Cc1cc(CNCc2ccc3cnccc3c2)sc1C. The Morgan fingerprint density at radius 3 is 2.75 bits per heavy atom. The maximum Gasteiger partial charge on any atom is 0.0346 e. The molecule has 1 aromatic carbocycles. The Balaban J connectivity index is 1.64. The molecule has 0 bridgehead atoms. The van der Waals surface area contributed by atoms with E-state index in [2.05, 4.69) is 54.5 Å². The first-order valence-corrected chi connectivity index (χ1v) is 7.63. The van der Waals surface area contributed by atoms with Crippen LogP contribution < -0.4 is 5.32 Å². The van der Waals surface area contributed by atoms with Gasteiger partial charge in [0.25, 0.3) is 0 Å². The minimum absolute atomic E-state index is 0.897. The molecule has 0 amide bonds. The fraction of sp³-hybridized carbons (Fsp3) is 0.235.